The standard InChI is InChI=1S/C16H13NOS2/c18-15-14-9-5-4-8-13(14)10-17(15)11-20-16(19)12-6-2-1-3-7-12/h1-9H,10-11H2. The van der Waals surface area contributed by atoms with Gasteiger partial charge < -0.3 is 4.90 Å². The lowest BCUT2D eigenvalue weighted by Crippen LogP contribution is -2.23. The molecule has 100 valence electrons. The SMILES string of the molecule is O=C1c2ccccc2CN1CSC(=S)c1ccccc1. The summed E-state index contributed by atoms with van der Waals surface area (Å²) in [5, 5.41) is 0. The molecule has 0 atom stereocenters. The third-order valence-electron chi connectivity index (χ3n) is 3.26. The Hall–Kier alpha value is -1.65. The molecule has 0 saturated carbocycles. The highest BCUT2D eigenvalue weighted by atomic mass is 32.2. The van der Waals surface area contributed by atoms with E-state index in [9.17, 15) is 4.79 Å². The zero-order valence-corrected chi connectivity index (χ0v) is 12.4. The van der Waals surface area contributed by atoms with E-state index in [-0.39, 0.29) is 5.91 Å². The van der Waals surface area contributed by atoms with Gasteiger partial charge in [-0.05, 0) is 17.2 Å². The number of carbonyl (C=O) groups is 1. The fourth-order valence-electron chi connectivity index (χ4n) is 2.21. The monoisotopic (exact) mass is 299 g/mol. The molecule has 2 aromatic carbocycles. The van der Waals surface area contributed by atoms with Crippen LogP contribution < -0.4 is 0 Å². The number of benzene rings is 2. The maximum atomic E-state index is 12.2. The molecule has 1 aliphatic rings. The van der Waals surface area contributed by atoms with Gasteiger partial charge in [0.05, 0.1) is 10.1 Å². The van der Waals surface area contributed by atoms with E-state index in [2.05, 4.69) is 0 Å². The van der Waals surface area contributed by atoms with E-state index in [0.29, 0.717) is 12.4 Å². The lowest BCUT2D eigenvalue weighted by molar-refractivity contribution is 0.0808. The number of carbonyl (C=O) groups excluding carboxylic acids is 1. The Balaban J connectivity index is 1.64. The minimum atomic E-state index is 0.101. The van der Waals surface area contributed by atoms with Crippen molar-refractivity contribution in [3.05, 3.63) is 71.3 Å². The highest BCUT2D eigenvalue weighted by molar-refractivity contribution is 8.23. The molecule has 1 amide bonds. The molecule has 2 nitrogen and oxygen atoms in total. The lowest BCUT2D eigenvalue weighted by atomic mass is 10.1. The number of fused-ring (bicyclic) bond motifs is 1. The van der Waals surface area contributed by atoms with Crippen LogP contribution >= 0.6 is 24.0 Å². The number of rotatable bonds is 3. The summed E-state index contributed by atoms with van der Waals surface area (Å²) in [6.07, 6.45) is 0. The van der Waals surface area contributed by atoms with E-state index >= 15 is 0 Å². The number of thioether (sulfide) groups is 1. The highest BCUT2D eigenvalue weighted by Crippen LogP contribution is 2.25. The van der Waals surface area contributed by atoms with Crippen LogP contribution in [0.4, 0.5) is 0 Å². The third-order valence-corrected chi connectivity index (χ3v) is 4.79. The average Bonchev–Trinajstić information content (AvgIpc) is 2.83. The number of hydrogen-bond acceptors (Lipinski definition) is 3. The first-order valence-corrected chi connectivity index (χ1v) is 7.74. The Kier molecular flexibility index (Phi) is 3.85. The third kappa shape index (κ3) is 2.62. The topological polar surface area (TPSA) is 20.3 Å². The molecule has 0 N–H and O–H groups in total. The maximum absolute atomic E-state index is 12.2. The molecule has 1 aliphatic heterocycles. The Morgan fingerprint density at radius 3 is 2.55 bits per heavy atom. The molecule has 1 heterocycles. The molecule has 0 radical (unpaired) electrons. The quantitative estimate of drug-likeness (QED) is 0.806. The normalized spacial score (nSPS) is 13.4. The first-order valence-electron chi connectivity index (χ1n) is 6.35. The number of amides is 1. The Bertz CT molecular complexity index is 655. The Morgan fingerprint density at radius 2 is 1.80 bits per heavy atom. The van der Waals surface area contributed by atoms with Crippen LogP contribution in [0.25, 0.3) is 0 Å². The van der Waals surface area contributed by atoms with Gasteiger partial charge in [0.25, 0.3) is 5.91 Å². The molecule has 0 spiro atoms. The maximum Gasteiger partial charge on any atom is 0.255 e. The second-order valence-electron chi connectivity index (χ2n) is 4.59. The Morgan fingerprint density at radius 1 is 1.10 bits per heavy atom. The summed E-state index contributed by atoms with van der Waals surface area (Å²) in [4.78, 5) is 14.1. The van der Waals surface area contributed by atoms with E-state index in [0.717, 1.165) is 20.9 Å². The summed E-state index contributed by atoms with van der Waals surface area (Å²) in [5.74, 6) is 0.699. The number of thiocarbonyl (C=S) groups is 1. The van der Waals surface area contributed by atoms with Gasteiger partial charge in [-0.15, -0.1) is 0 Å². The fourth-order valence-corrected chi connectivity index (χ4v) is 3.29. The molecule has 4 heteroatoms. The summed E-state index contributed by atoms with van der Waals surface area (Å²) < 4.78 is 0.828. The van der Waals surface area contributed by atoms with Crippen LogP contribution in [-0.2, 0) is 6.54 Å². The predicted octanol–water partition coefficient (Wildman–Crippen LogP) is 3.71. The van der Waals surface area contributed by atoms with Crippen LogP contribution in [0.5, 0.6) is 0 Å². The lowest BCUT2D eigenvalue weighted by Gasteiger charge is -2.15. The van der Waals surface area contributed by atoms with Crippen LogP contribution in [0.3, 0.4) is 0 Å². The summed E-state index contributed by atoms with van der Waals surface area (Å²) in [7, 11) is 0. The minimum absolute atomic E-state index is 0.101. The van der Waals surface area contributed by atoms with Gasteiger partial charge in [-0.3, -0.25) is 4.79 Å². The van der Waals surface area contributed by atoms with Crippen LogP contribution in [0.2, 0.25) is 0 Å². The second kappa shape index (κ2) is 5.77. The molecule has 0 aliphatic carbocycles. The molecular weight excluding hydrogens is 286 g/mol. The van der Waals surface area contributed by atoms with E-state index in [4.69, 9.17) is 12.2 Å². The minimum Gasteiger partial charge on any atom is -0.325 e. The zero-order chi connectivity index (χ0) is 13.9. The second-order valence-corrected chi connectivity index (χ2v) is 6.21. The molecule has 0 fully saturated rings. The van der Waals surface area contributed by atoms with Gasteiger partial charge in [-0.2, -0.15) is 0 Å². The summed E-state index contributed by atoms with van der Waals surface area (Å²) in [6, 6.07) is 17.7. The predicted molar refractivity (Wildman–Crippen MR) is 86.9 cm³/mol. The van der Waals surface area contributed by atoms with Crippen molar-refractivity contribution in [2.45, 2.75) is 6.54 Å². The van der Waals surface area contributed by atoms with Gasteiger partial charge in [-0.25, -0.2) is 0 Å². The largest absolute Gasteiger partial charge is 0.325 e. The van der Waals surface area contributed by atoms with E-state index in [1.54, 1.807) is 0 Å². The number of nitrogens with zero attached hydrogens (tertiary/aromatic N) is 1. The average molecular weight is 299 g/mol. The molecule has 0 bridgehead atoms. The molecular formula is C16H13NOS2. The smallest absolute Gasteiger partial charge is 0.255 e. The van der Waals surface area contributed by atoms with Gasteiger partial charge in [0, 0.05) is 12.1 Å². The van der Waals surface area contributed by atoms with Crippen LogP contribution in [0.15, 0.2) is 54.6 Å². The van der Waals surface area contributed by atoms with Crippen molar-refractivity contribution < 1.29 is 4.79 Å². The van der Waals surface area contributed by atoms with Crippen molar-refractivity contribution in [2.75, 3.05) is 5.88 Å². The summed E-state index contributed by atoms with van der Waals surface area (Å²) in [6.45, 7) is 0.680. The van der Waals surface area contributed by atoms with Crippen molar-refractivity contribution in [1.82, 2.24) is 4.90 Å². The first-order chi connectivity index (χ1) is 9.75. The Labute approximate surface area is 127 Å². The molecule has 20 heavy (non-hydrogen) atoms. The van der Waals surface area contributed by atoms with E-state index < -0.39 is 0 Å². The molecule has 2 aromatic rings. The van der Waals surface area contributed by atoms with Gasteiger partial charge in [0.2, 0.25) is 0 Å². The van der Waals surface area contributed by atoms with Gasteiger partial charge in [0.1, 0.15) is 0 Å². The van der Waals surface area contributed by atoms with E-state index in [1.165, 1.54) is 11.8 Å². The fraction of sp³-hybridized carbons (Fsp3) is 0.125. The molecule has 0 aromatic heterocycles. The molecule has 0 saturated heterocycles. The van der Waals surface area contributed by atoms with Crippen molar-refractivity contribution >= 4 is 34.1 Å². The van der Waals surface area contributed by atoms with Gasteiger partial charge in [0.15, 0.2) is 0 Å². The van der Waals surface area contributed by atoms with E-state index in [1.807, 2.05) is 59.5 Å². The summed E-state index contributed by atoms with van der Waals surface area (Å²) >= 11 is 6.94. The first kappa shape index (κ1) is 13.3. The van der Waals surface area contributed by atoms with Crippen molar-refractivity contribution in [1.29, 1.82) is 0 Å². The van der Waals surface area contributed by atoms with Crippen molar-refractivity contribution in [2.24, 2.45) is 0 Å². The van der Waals surface area contributed by atoms with Crippen molar-refractivity contribution in [3.63, 3.8) is 0 Å². The zero-order valence-electron chi connectivity index (χ0n) is 10.8. The summed E-state index contributed by atoms with van der Waals surface area (Å²) in [5.41, 5.74) is 2.96. The van der Waals surface area contributed by atoms with Crippen LogP contribution in [-0.4, -0.2) is 20.9 Å². The molecule has 3 rings (SSSR count). The van der Waals surface area contributed by atoms with Gasteiger partial charge >= 0.3 is 0 Å². The number of hydrogen-bond donors (Lipinski definition) is 0. The highest BCUT2D eigenvalue weighted by Gasteiger charge is 2.26. The van der Waals surface area contributed by atoms with Crippen LogP contribution in [0.1, 0.15) is 21.5 Å². The van der Waals surface area contributed by atoms with Crippen molar-refractivity contribution in [3.8, 4) is 0 Å². The van der Waals surface area contributed by atoms with Gasteiger partial charge in [-0.1, -0.05) is 72.5 Å². The molecule has 0 unspecified atom stereocenters. The van der Waals surface area contributed by atoms with Crippen LogP contribution in [0, 0.1) is 0 Å².